The minimum atomic E-state index is -0.314. The lowest BCUT2D eigenvalue weighted by atomic mass is 10.1. The van der Waals surface area contributed by atoms with Gasteiger partial charge in [0.25, 0.3) is 0 Å². The molecule has 0 atom stereocenters. The number of halogens is 1. The molecule has 0 aliphatic rings. The Hall–Kier alpha value is -2.14. The predicted octanol–water partition coefficient (Wildman–Crippen LogP) is 3.84. The number of benzene rings is 2. The van der Waals surface area contributed by atoms with Crippen LogP contribution in [0.3, 0.4) is 0 Å². The van der Waals surface area contributed by atoms with E-state index in [1.165, 1.54) is 5.56 Å². The summed E-state index contributed by atoms with van der Waals surface area (Å²) in [4.78, 5) is 23.7. The number of nitrogens with one attached hydrogen (secondary N) is 2. The van der Waals surface area contributed by atoms with E-state index in [4.69, 9.17) is 0 Å². The van der Waals surface area contributed by atoms with Gasteiger partial charge in [-0.15, -0.1) is 0 Å². The smallest absolute Gasteiger partial charge is 0.233 e. The van der Waals surface area contributed by atoms with Crippen LogP contribution in [0.1, 0.15) is 24.0 Å². The first-order valence-corrected chi connectivity index (χ1v) is 8.70. The molecule has 0 saturated carbocycles. The third kappa shape index (κ3) is 6.16. The van der Waals surface area contributed by atoms with Crippen molar-refractivity contribution >= 4 is 33.4 Å². The Morgan fingerprint density at radius 3 is 2.50 bits per heavy atom. The maximum atomic E-state index is 11.9. The number of hydrogen-bond donors (Lipinski definition) is 2. The lowest BCUT2D eigenvalue weighted by Crippen LogP contribution is -2.29. The van der Waals surface area contributed by atoms with E-state index in [2.05, 4.69) is 38.7 Å². The van der Waals surface area contributed by atoms with E-state index >= 15 is 0 Å². The van der Waals surface area contributed by atoms with Crippen molar-refractivity contribution in [1.82, 2.24) is 5.32 Å². The van der Waals surface area contributed by atoms with E-state index in [-0.39, 0.29) is 18.2 Å². The zero-order valence-electron chi connectivity index (χ0n) is 13.6. The summed E-state index contributed by atoms with van der Waals surface area (Å²) in [5.41, 5.74) is 3.01. The van der Waals surface area contributed by atoms with E-state index in [0.717, 1.165) is 22.9 Å². The van der Waals surface area contributed by atoms with Crippen molar-refractivity contribution in [1.29, 1.82) is 0 Å². The van der Waals surface area contributed by atoms with Crippen LogP contribution in [0.25, 0.3) is 0 Å². The van der Waals surface area contributed by atoms with Crippen LogP contribution in [-0.2, 0) is 16.0 Å². The van der Waals surface area contributed by atoms with Crippen molar-refractivity contribution in [2.75, 3.05) is 11.9 Å². The Morgan fingerprint density at radius 1 is 1.04 bits per heavy atom. The molecule has 0 heterocycles. The molecule has 126 valence electrons. The summed E-state index contributed by atoms with van der Waals surface area (Å²) in [5, 5.41) is 5.51. The van der Waals surface area contributed by atoms with Crippen molar-refractivity contribution in [3.05, 3.63) is 64.1 Å². The van der Waals surface area contributed by atoms with Gasteiger partial charge in [0.2, 0.25) is 11.8 Å². The molecule has 0 bridgehead atoms. The molecule has 0 aromatic heterocycles. The molecule has 4 nitrogen and oxygen atoms in total. The van der Waals surface area contributed by atoms with Gasteiger partial charge in [-0.05, 0) is 43.0 Å². The summed E-state index contributed by atoms with van der Waals surface area (Å²) in [5.74, 6) is -0.571. The first-order chi connectivity index (χ1) is 11.5. The first kappa shape index (κ1) is 18.2. The summed E-state index contributed by atoms with van der Waals surface area (Å²) in [6.45, 7) is 2.54. The molecule has 2 amide bonds. The fraction of sp³-hybridized carbons (Fsp3) is 0.263. The van der Waals surface area contributed by atoms with Crippen LogP contribution in [0.4, 0.5) is 5.69 Å². The predicted molar refractivity (Wildman–Crippen MR) is 99.9 cm³/mol. The number of hydrogen-bond acceptors (Lipinski definition) is 2. The van der Waals surface area contributed by atoms with E-state index in [9.17, 15) is 9.59 Å². The van der Waals surface area contributed by atoms with Gasteiger partial charge in [0.05, 0.1) is 0 Å². The summed E-state index contributed by atoms with van der Waals surface area (Å²) >= 11 is 3.42. The van der Waals surface area contributed by atoms with Gasteiger partial charge in [0.1, 0.15) is 6.42 Å². The average molecular weight is 389 g/mol. The Labute approximate surface area is 150 Å². The van der Waals surface area contributed by atoms with E-state index < -0.39 is 0 Å². The fourth-order valence-corrected chi connectivity index (χ4v) is 2.63. The number of carbonyl (C=O) groups excluding carboxylic acids is 2. The van der Waals surface area contributed by atoms with E-state index in [0.29, 0.717) is 12.2 Å². The maximum absolute atomic E-state index is 11.9. The number of anilines is 1. The summed E-state index contributed by atoms with van der Waals surface area (Å²) < 4.78 is 0.922. The second-order valence-electron chi connectivity index (χ2n) is 5.63. The van der Waals surface area contributed by atoms with Crippen molar-refractivity contribution < 1.29 is 9.59 Å². The molecular formula is C19H21BrN2O2. The summed E-state index contributed by atoms with van der Waals surface area (Å²) in [6.07, 6.45) is 1.59. The molecule has 2 aromatic carbocycles. The molecule has 0 aliphatic carbocycles. The van der Waals surface area contributed by atoms with Gasteiger partial charge in [0.15, 0.2) is 0 Å². The van der Waals surface area contributed by atoms with Gasteiger partial charge in [-0.1, -0.05) is 52.3 Å². The third-order valence-corrected chi connectivity index (χ3v) is 4.44. The highest BCUT2D eigenvalue weighted by Gasteiger charge is 2.09. The van der Waals surface area contributed by atoms with Crippen LogP contribution in [0.15, 0.2) is 53.0 Å². The second kappa shape index (κ2) is 9.23. The van der Waals surface area contributed by atoms with Crippen LogP contribution in [0.5, 0.6) is 0 Å². The number of amides is 2. The molecule has 2 aromatic rings. The molecule has 24 heavy (non-hydrogen) atoms. The zero-order valence-corrected chi connectivity index (χ0v) is 15.2. The number of aryl methyl sites for hydroxylation is 2. The highest BCUT2D eigenvalue weighted by atomic mass is 79.9. The molecule has 0 saturated heterocycles. The molecule has 5 heteroatoms. The molecule has 2 N–H and O–H groups in total. The Kier molecular flexibility index (Phi) is 7.00. The SMILES string of the molecule is Cc1ccc(NC(=O)CC(=O)NCCCc2ccccc2)cc1Br. The summed E-state index contributed by atoms with van der Waals surface area (Å²) in [7, 11) is 0. The van der Waals surface area contributed by atoms with Crippen LogP contribution < -0.4 is 10.6 Å². The minimum absolute atomic E-state index is 0.170. The molecule has 0 fully saturated rings. The van der Waals surface area contributed by atoms with Crippen molar-refractivity contribution in [3.8, 4) is 0 Å². The fourth-order valence-electron chi connectivity index (χ4n) is 2.25. The topological polar surface area (TPSA) is 58.2 Å². The van der Waals surface area contributed by atoms with Gasteiger partial charge >= 0.3 is 0 Å². The quantitative estimate of drug-likeness (QED) is 0.559. The highest BCUT2D eigenvalue weighted by Crippen LogP contribution is 2.20. The Morgan fingerprint density at radius 2 is 1.79 bits per heavy atom. The molecule has 0 aliphatic heterocycles. The molecule has 2 rings (SSSR count). The Balaban J connectivity index is 1.68. The van der Waals surface area contributed by atoms with Crippen molar-refractivity contribution in [3.63, 3.8) is 0 Å². The van der Waals surface area contributed by atoms with E-state index in [1.807, 2.05) is 43.3 Å². The van der Waals surface area contributed by atoms with Crippen LogP contribution in [0.2, 0.25) is 0 Å². The van der Waals surface area contributed by atoms with Crippen LogP contribution in [0, 0.1) is 6.92 Å². The molecular weight excluding hydrogens is 368 g/mol. The lowest BCUT2D eigenvalue weighted by Gasteiger charge is -2.08. The average Bonchev–Trinajstić information content (AvgIpc) is 2.56. The standard InChI is InChI=1S/C19H21BrN2O2/c1-14-9-10-16(12-17(14)20)22-19(24)13-18(23)21-11-5-8-15-6-3-2-4-7-15/h2-4,6-7,9-10,12H,5,8,11,13H2,1H3,(H,21,23)(H,22,24). The monoisotopic (exact) mass is 388 g/mol. The van der Waals surface area contributed by atoms with Crippen LogP contribution >= 0.6 is 15.9 Å². The zero-order chi connectivity index (χ0) is 17.4. The molecule has 0 unspecified atom stereocenters. The molecule has 0 radical (unpaired) electrons. The third-order valence-electron chi connectivity index (χ3n) is 3.58. The summed E-state index contributed by atoms with van der Waals surface area (Å²) in [6, 6.07) is 15.7. The second-order valence-corrected chi connectivity index (χ2v) is 6.48. The maximum Gasteiger partial charge on any atom is 0.233 e. The van der Waals surface area contributed by atoms with E-state index in [1.54, 1.807) is 0 Å². The first-order valence-electron chi connectivity index (χ1n) is 7.91. The Bertz CT molecular complexity index is 702. The largest absolute Gasteiger partial charge is 0.356 e. The minimum Gasteiger partial charge on any atom is -0.356 e. The van der Waals surface area contributed by atoms with Gasteiger partial charge in [-0.2, -0.15) is 0 Å². The highest BCUT2D eigenvalue weighted by molar-refractivity contribution is 9.10. The van der Waals surface area contributed by atoms with Gasteiger partial charge in [0, 0.05) is 16.7 Å². The van der Waals surface area contributed by atoms with Gasteiger partial charge in [-0.25, -0.2) is 0 Å². The number of carbonyl (C=O) groups is 2. The normalized spacial score (nSPS) is 10.2. The van der Waals surface area contributed by atoms with Crippen LogP contribution in [-0.4, -0.2) is 18.4 Å². The van der Waals surface area contributed by atoms with Gasteiger partial charge in [-0.3, -0.25) is 9.59 Å². The van der Waals surface area contributed by atoms with Crippen molar-refractivity contribution in [2.45, 2.75) is 26.2 Å². The lowest BCUT2D eigenvalue weighted by molar-refractivity contribution is -0.126. The van der Waals surface area contributed by atoms with Crippen molar-refractivity contribution in [2.24, 2.45) is 0 Å². The van der Waals surface area contributed by atoms with Gasteiger partial charge < -0.3 is 10.6 Å². The molecule has 0 spiro atoms. The number of rotatable bonds is 7.